The molecule has 1 rings (SSSR count). The molecule has 0 fully saturated rings. The van der Waals surface area contributed by atoms with Gasteiger partial charge in [0.1, 0.15) is 5.75 Å². The molecule has 0 bridgehead atoms. The number of benzene rings is 1. The highest BCUT2D eigenvalue weighted by Gasteiger charge is 1.97. The molecule has 1 aromatic carbocycles. The maximum atomic E-state index is 9.40. The van der Waals surface area contributed by atoms with Crippen molar-refractivity contribution in [2.45, 2.75) is 33.1 Å². The Labute approximate surface area is 74.1 Å². The van der Waals surface area contributed by atoms with Crippen molar-refractivity contribution in [2.75, 3.05) is 0 Å². The normalized spacial score (nSPS) is 10.2. The minimum atomic E-state index is 0.420. The van der Waals surface area contributed by atoms with Gasteiger partial charge in [-0.3, -0.25) is 0 Å². The van der Waals surface area contributed by atoms with Gasteiger partial charge in [0.15, 0.2) is 0 Å². The fraction of sp³-hybridized carbons (Fsp3) is 0.455. The average Bonchev–Trinajstić information content (AvgIpc) is 2.07. The first-order valence-corrected chi connectivity index (χ1v) is 4.52. The summed E-state index contributed by atoms with van der Waals surface area (Å²) in [7, 11) is 0. The molecule has 0 unspecified atom stereocenters. The molecule has 0 aliphatic rings. The smallest absolute Gasteiger partial charge is 0.118 e. The summed E-state index contributed by atoms with van der Waals surface area (Å²) in [6.45, 7) is 4.09. The summed E-state index contributed by atoms with van der Waals surface area (Å²) in [4.78, 5) is 0. The summed E-state index contributed by atoms with van der Waals surface area (Å²) in [5.41, 5.74) is 2.19. The van der Waals surface area contributed by atoms with Gasteiger partial charge in [-0.1, -0.05) is 25.5 Å². The highest BCUT2D eigenvalue weighted by molar-refractivity contribution is 5.35. The largest absolute Gasteiger partial charge is 0.508 e. The third-order valence-electron chi connectivity index (χ3n) is 2.09. The highest BCUT2D eigenvalue weighted by Crippen LogP contribution is 2.18. The third kappa shape index (κ3) is 2.26. The monoisotopic (exact) mass is 164 g/mol. The van der Waals surface area contributed by atoms with E-state index in [0.29, 0.717) is 5.75 Å². The summed E-state index contributed by atoms with van der Waals surface area (Å²) < 4.78 is 0. The minimum Gasteiger partial charge on any atom is -0.508 e. The number of aryl methyl sites for hydroxylation is 2. The van der Waals surface area contributed by atoms with Crippen LogP contribution in [-0.4, -0.2) is 5.11 Å². The Bertz CT molecular complexity index is 253. The summed E-state index contributed by atoms with van der Waals surface area (Å²) in [5, 5.41) is 9.40. The second kappa shape index (κ2) is 4.15. The lowest BCUT2D eigenvalue weighted by atomic mass is 10.1. The summed E-state index contributed by atoms with van der Waals surface area (Å²) >= 11 is 0. The van der Waals surface area contributed by atoms with E-state index in [-0.39, 0.29) is 0 Å². The Hall–Kier alpha value is -0.980. The molecular weight excluding hydrogens is 148 g/mol. The number of rotatable bonds is 3. The van der Waals surface area contributed by atoms with E-state index in [4.69, 9.17) is 0 Å². The molecule has 0 aromatic heterocycles. The van der Waals surface area contributed by atoms with Crippen LogP contribution in [0.4, 0.5) is 0 Å². The molecule has 0 saturated heterocycles. The van der Waals surface area contributed by atoms with Crippen molar-refractivity contribution in [2.24, 2.45) is 0 Å². The molecule has 1 nitrogen and oxygen atoms in total. The number of unbranched alkanes of at least 4 members (excludes halogenated alkanes) is 1. The zero-order valence-corrected chi connectivity index (χ0v) is 7.80. The molecule has 1 N–H and O–H groups in total. The molecule has 0 amide bonds. The van der Waals surface area contributed by atoms with Gasteiger partial charge >= 0.3 is 0 Å². The molecule has 0 saturated carbocycles. The van der Waals surface area contributed by atoms with Crippen LogP contribution < -0.4 is 0 Å². The van der Waals surface area contributed by atoms with Gasteiger partial charge in [0.05, 0.1) is 0 Å². The number of phenolic OH excluding ortho intramolecular Hbond substituents is 1. The van der Waals surface area contributed by atoms with Gasteiger partial charge < -0.3 is 5.11 Å². The second-order valence-electron chi connectivity index (χ2n) is 3.22. The lowest BCUT2D eigenvalue weighted by Gasteiger charge is -2.02. The molecule has 0 heterocycles. The molecular formula is C11H16O. The van der Waals surface area contributed by atoms with Crippen LogP contribution in [0.2, 0.25) is 0 Å². The zero-order chi connectivity index (χ0) is 8.97. The van der Waals surface area contributed by atoms with Gasteiger partial charge in [-0.05, 0) is 37.0 Å². The molecule has 0 spiro atoms. The van der Waals surface area contributed by atoms with Crippen LogP contribution in [0.3, 0.4) is 0 Å². The van der Waals surface area contributed by atoms with Gasteiger partial charge in [0.2, 0.25) is 0 Å². The van der Waals surface area contributed by atoms with E-state index in [1.54, 1.807) is 0 Å². The van der Waals surface area contributed by atoms with E-state index in [2.05, 4.69) is 13.0 Å². The van der Waals surface area contributed by atoms with E-state index in [9.17, 15) is 5.11 Å². The SMILES string of the molecule is CCCCc1ccc(C)c(O)c1. The predicted molar refractivity (Wildman–Crippen MR) is 51.5 cm³/mol. The second-order valence-corrected chi connectivity index (χ2v) is 3.22. The van der Waals surface area contributed by atoms with Crippen LogP contribution in [0.25, 0.3) is 0 Å². The van der Waals surface area contributed by atoms with Crippen LogP contribution >= 0.6 is 0 Å². The van der Waals surface area contributed by atoms with Gasteiger partial charge in [-0.2, -0.15) is 0 Å². The Kier molecular flexibility index (Phi) is 3.15. The van der Waals surface area contributed by atoms with Crippen molar-refractivity contribution < 1.29 is 5.11 Å². The van der Waals surface area contributed by atoms with Gasteiger partial charge in [0.25, 0.3) is 0 Å². The molecule has 1 aromatic rings. The van der Waals surface area contributed by atoms with E-state index in [1.165, 1.54) is 18.4 Å². The Balaban J connectivity index is 2.69. The lowest BCUT2D eigenvalue weighted by molar-refractivity contribution is 0.470. The van der Waals surface area contributed by atoms with Crippen LogP contribution in [0.1, 0.15) is 30.9 Å². The van der Waals surface area contributed by atoms with Crippen LogP contribution in [-0.2, 0) is 6.42 Å². The third-order valence-corrected chi connectivity index (χ3v) is 2.09. The maximum Gasteiger partial charge on any atom is 0.118 e. The fourth-order valence-electron chi connectivity index (χ4n) is 1.19. The standard InChI is InChI=1S/C11H16O/c1-3-4-5-10-7-6-9(2)11(12)8-10/h6-8,12H,3-5H2,1-2H3. The molecule has 0 atom stereocenters. The van der Waals surface area contributed by atoms with E-state index >= 15 is 0 Å². The fourth-order valence-corrected chi connectivity index (χ4v) is 1.19. The van der Waals surface area contributed by atoms with Crippen LogP contribution in [0.5, 0.6) is 5.75 Å². The Morgan fingerprint density at radius 3 is 2.67 bits per heavy atom. The number of hydrogen-bond acceptors (Lipinski definition) is 1. The molecule has 0 aliphatic heterocycles. The molecule has 12 heavy (non-hydrogen) atoms. The van der Waals surface area contributed by atoms with E-state index < -0.39 is 0 Å². The van der Waals surface area contributed by atoms with Crippen molar-refractivity contribution in [1.29, 1.82) is 0 Å². The Morgan fingerprint density at radius 2 is 2.08 bits per heavy atom. The zero-order valence-electron chi connectivity index (χ0n) is 7.80. The van der Waals surface area contributed by atoms with E-state index in [1.807, 2.05) is 19.1 Å². The first kappa shape index (κ1) is 9.11. The van der Waals surface area contributed by atoms with Gasteiger partial charge in [0, 0.05) is 0 Å². The quantitative estimate of drug-likeness (QED) is 0.728. The number of hydrogen-bond donors (Lipinski definition) is 1. The van der Waals surface area contributed by atoms with E-state index in [0.717, 1.165) is 12.0 Å². The predicted octanol–water partition coefficient (Wildman–Crippen LogP) is 3.04. The molecule has 0 aliphatic carbocycles. The van der Waals surface area contributed by atoms with Gasteiger partial charge in [-0.15, -0.1) is 0 Å². The number of aromatic hydroxyl groups is 1. The van der Waals surface area contributed by atoms with Crippen molar-refractivity contribution in [3.63, 3.8) is 0 Å². The summed E-state index contributed by atoms with van der Waals surface area (Å²) in [6.07, 6.45) is 3.47. The molecule has 1 heteroatoms. The average molecular weight is 164 g/mol. The Morgan fingerprint density at radius 1 is 1.33 bits per heavy atom. The summed E-state index contributed by atoms with van der Waals surface area (Å²) in [6, 6.07) is 5.93. The topological polar surface area (TPSA) is 20.2 Å². The van der Waals surface area contributed by atoms with Crippen LogP contribution in [0.15, 0.2) is 18.2 Å². The first-order chi connectivity index (χ1) is 5.74. The van der Waals surface area contributed by atoms with Crippen molar-refractivity contribution >= 4 is 0 Å². The molecule has 66 valence electrons. The minimum absolute atomic E-state index is 0.420. The van der Waals surface area contributed by atoms with Crippen molar-refractivity contribution in [3.05, 3.63) is 29.3 Å². The van der Waals surface area contributed by atoms with Crippen molar-refractivity contribution in [1.82, 2.24) is 0 Å². The maximum absolute atomic E-state index is 9.40. The van der Waals surface area contributed by atoms with Crippen molar-refractivity contribution in [3.8, 4) is 5.75 Å². The summed E-state index contributed by atoms with van der Waals surface area (Å²) in [5.74, 6) is 0.420. The lowest BCUT2D eigenvalue weighted by Crippen LogP contribution is -1.85. The van der Waals surface area contributed by atoms with Crippen LogP contribution in [0, 0.1) is 6.92 Å². The number of phenols is 1. The first-order valence-electron chi connectivity index (χ1n) is 4.52. The molecule has 0 radical (unpaired) electrons. The highest BCUT2D eigenvalue weighted by atomic mass is 16.3. The van der Waals surface area contributed by atoms with Gasteiger partial charge in [-0.25, -0.2) is 0 Å².